The van der Waals surface area contributed by atoms with Gasteiger partial charge in [0.05, 0.1) is 0 Å². The van der Waals surface area contributed by atoms with Gasteiger partial charge in [0.15, 0.2) is 0 Å². The molecule has 2 atom stereocenters. The average molecular weight is 281 g/mol. The molecule has 0 aromatic heterocycles. The Morgan fingerprint density at radius 3 is 2.79 bits per heavy atom. The zero-order valence-electron chi connectivity index (χ0n) is 12.2. The molecule has 0 radical (unpaired) electrons. The van der Waals surface area contributed by atoms with Crippen LogP contribution < -0.4 is 10.2 Å². The Labute approximate surface area is 122 Å². The molecule has 3 heteroatoms. The van der Waals surface area contributed by atoms with E-state index in [1.54, 1.807) is 0 Å². The van der Waals surface area contributed by atoms with Crippen molar-refractivity contribution < 1.29 is 0 Å². The molecule has 2 rings (SSSR count). The van der Waals surface area contributed by atoms with Gasteiger partial charge in [0.2, 0.25) is 0 Å². The summed E-state index contributed by atoms with van der Waals surface area (Å²) in [5.74, 6) is 0.780. The summed E-state index contributed by atoms with van der Waals surface area (Å²) in [6.45, 7) is 9.96. The van der Waals surface area contributed by atoms with E-state index in [9.17, 15) is 0 Å². The first kappa shape index (κ1) is 14.7. The highest BCUT2D eigenvalue weighted by molar-refractivity contribution is 6.30. The minimum absolute atomic E-state index is 0.626. The number of anilines is 1. The van der Waals surface area contributed by atoms with Crippen molar-refractivity contribution in [2.75, 3.05) is 18.0 Å². The third kappa shape index (κ3) is 3.64. The molecular weight excluding hydrogens is 256 g/mol. The van der Waals surface area contributed by atoms with Gasteiger partial charge in [0.1, 0.15) is 0 Å². The van der Waals surface area contributed by atoms with Crippen LogP contribution in [0.5, 0.6) is 0 Å². The van der Waals surface area contributed by atoms with Crippen LogP contribution in [0.3, 0.4) is 0 Å². The Kier molecular flexibility index (Phi) is 5.12. The first-order valence-electron chi connectivity index (χ1n) is 7.37. The molecule has 106 valence electrons. The molecule has 0 spiro atoms. The second kappa shape index (κ2) is 6.62. The van der Waals surface area contributed by atoms with E-state index in [2.05, 4.69) is 43.1 Å². The predicted molar refractivity (Wildman–Crippen MR) is 84.0 cm³/mol. The van der Waals surface area contributed by atoms with Crippen LogP contribution in [-0.4, -0.2) is 19.1 Å². The number of nitrogens with zero attached hydrogens (tertiary/aromatic N) is 1. The lowest BCUT2D eigenvalue weighted by molar-refractivity contribution is 0.625. The lowest BCUT2D eigenvalue weighted by Crippen LogP contribution is -2.28. The molecule has 19 heavy (non-hydrogen) atoms. The number of hydrogen-bond donors (Lipinski definition) is 1. The second-order valence-electron chi connectivity index (χ2n) is 5.79. The van der Waals surface area contributed by atoms with E-state index in [-0.39, 0.29) is 0 Å². The molecule has 1 aromatic rings. The lowest BCUT2D eigenvalue weighted by atomic mass is 10.1. The topological polar surface area (TPSA) is 15.3 Å². The van der Waals surface area contributed by atoms with Crippen LogP contribution in [0.4, 0.5) is 5.69 Å². The summed E-state index contributed by atoms with van der Waals surface area (Å²) >= 11 is 6.16. The van der Waals surface area contributed by atoms with Crippen molar-refractivity contribution in [3.05, 3.63) is 28.8 Å². The number of nitrogens with one attached hydrogen (secondary N) is 1. The van der Waals surface area contributed by atoms with Crippen molar-refractivity contribution in [3.63, 3.8) is 0 Å². The van der Waals surface area contributed by atoms with E-state index < -0.39 is 0 Å². The molecule has 2 unspecified atom stereocenters. The van der Waals surface area contributed by atoms with Crippen LogP contribution in [-0.2, 0) is 6.54 Å². The van der Waals surface area contributed by atoms with E-state index in [4.69, 9.17) is 11.6 Å². The highest BCUT2D eigenvalue weighted by Gasteiger charge is 2.27. The van der Waals surface area contributed by atoms with Gasteiger partial charge in [0.25, 0.3) is 0 Å². The van der Waals surface area contributed by atoms with Gasteiger partial charge in [-0.15, -0.1) is 0 Å². The first-order valence-corrected chi connectivity index (χ1v) is 7.75. The normalized spacial score (nSPS) is 23.1. The fourth-order valence-corrected chi connectivity index (χ4v) is 3.21. The molecule has 1 N–H and O–H groups in total. The Morgan fingerprint density at radius 1 is 1.37 bits per heavy atom. The fourth-order valence-electron chi connectivity index (χ4n) is 3.01. The molecule has 0 amide bonds. The van der Waals surface area contributed by atoms with Crippen LogP contribution >= 0.6 is 11.6 Å². The minimum Gasteiger partial charge on any atom is -0.368 e. The van der Waals surface area contributed by atoms with E-state index in [0.29, 0.717) is 6.04 Å². The maximum Gasteiger partial charge on any atom is 0.0415 e. The van der Waals surface area contributed by atoms with Crippen molar-refractivity contribution in [2.24, 2.45) is 5.92 Å². The van der Waals surface area contributed by atoms with Crippen LogP contribution in [0.25, 0.3) is 0 Å². The van der Waals surface area contributed by atoms with Gasteiger partial charge in [0, 0.05) is 29.8 Å². The largest absolute Gasteiger partial charge is 0.368 e. The molecule has 0 bridgehead atoms. The van der Waals surface area contributed by atoms with Gasteiger partial charge in [-0.05, 0) is 56.0 Å². The average Bonchev–Trinajstić information content (AvgIpc) is 2.69. The standard InChI is InChI=1S/C16H25ClN2/c1-4-7-18-10-14-9-15(17)5-6-16(14)19-11-12(2)8-13(19)3/h5-6,9,12-13,18H,4,7-8,10-11H2,1-3H3. The van der Waals surface area contributed by atoms with Gasteiger partial charge in [-0.1, -0.05) is 25.4 Å². The zero-order valence-corrected chi connectivity index (χ0v) is 13.0. The molecule has 1 aliphatic rings. The Bertz CT molecular complexity index is 419. The molecule has 1 saturated heterocycles. The minimum atomic E-state index is 0.626. The summed E-state index contributed by atoms with van der Waals surface area (Å²) in [5, 5.41) is 4.31. The third-order valence-corrected chi connectivity index (χ3v) is 4.11. The van der Waals surface area contributed by atoms with Crippen LogP contribution in [0.15, 0.2) is 18.2 Å². The number of halogens is 1. The predicted octanol–water partition coefficient (Wildman–Crippen LogP) is 4.07. The Morgan fingerprint density at radius 2 is 2.16 bits per heavy atom. The monoisotopic (exact) mass is 280 g/mol. The van der Waals surface area contributed by atoms with E-state index >= 15 is 0 Å². The SMILES string of the molecule is CCCNCc1cc(Cl)ccc1N1CC(C)CC1C. The van der Waals surface area contributed by atoms with Gasteiger partial charge in [-0.25, -0.2) is 0 Å². The summed E-state index contributed by atoms with van der Waals surface area (Å²) in [5.41, 5.74) is 2.67. The van der Waals surface area contributed by atoms with E-state index in [0.717, 1.165) is 37.0 Å². The number of rotatable bonds is 5. The van der Waals surface area contributed by atoms with Gasteiger partial charge in [-0.3, -0.25) is 0 Å². The molecule has 2 nitrogen and oxygen atoms in total. The summed E-state index contributed by atoms with van der Waals surface area (Å²) < 4.78 is 0. The first-order chi connectivity index (χ1) is 9.11. The van der Waals surface area contributed by atoms with Crippen LogP contribution in [0.2, 0.25) is 5.02 Å². The highest BCUT2D eigenvalue weighted by Crippen LogP contribution is 2.32. The van der Waals surface area contributed by atoms with Crippen molar-refractivity contribution in [1.82, 2.24) is 5.32 Å². The molecular formula is C16H25ClN2. The molecule has 1 aliphatic heterocycles. The lowest BCUT2D eigenvalue weighted by Gasteiger charge is -2.27. The third-order valence-electron chi connectivity index (χ3n) is 3.88. The van der Waals surface area contributed by atoms with Gasteiger partial charge < -0.3 is 10.2 Å². The fraction of sp³-hybridized carbons (Fsp3) is 0.625. The Balaban J connectivity index is 2.18. The molecule has 0 aliphatic carbocycles. The van der Waals surface area contributed by atoms with Crippen molar-refractivity contribution in [1.29, 1.82) is 0 Å². The summed E-state index contributed by atoms with van der Waals surface area (Å²) in [7, 11) is 0. The molecule has 0 saturated carbocycles. The number of benzene rings is 1. The van der Waals surface area contributed by atoms with Crippen molar-refractivity contribution >= 4 is 17.3 Å². The maximum atomic E-state index is 6.16. The number of hydrogen-bond acceptors (Lipinski definition) is 2. The summed E-state index contributed by atoms with van der Waals surface area (Å²) in [6, 6.07) is 6.92. The summed E-state index contributed by atoms with van der Waals surface area (Å²) in [4.78, 5) is 2.53. The van der Waals surface area contributed by atoms with Crippen LogP contribution in [0, 0.1) is 5.92 Å². The molecule has 1 heterocycles. The highest BCUT2D eigenvalue weighted by atomic mass is 35.5. The van der Waals surface area contributed by atoms with Gasteiger partial charge >= 0.3 is 0 Å². The smallest absolute Gasteiger partial charge is 0.0415 e. The van der Waals surface area contributed by atoms with Crippen molar-refractivity contribution in [2.45, 2.75) is 46.2 Å². The second-order valence-corrected chi connectivity index (χ2v) is 6.23. The zero-order chi connectivity index (χ0) is 13.8. The molecule has 1 fully saturated rings. The quantitative estimate of drug-likeness (QED) is 0.818. The van der Waals surface area contributed by atoms with Crippen molar-refractivity contribution in [3.8, 4) is 0 Å². The summed E-state index contributed by atoms with van der Waals surface area (Å²) in [6.07, 6.45) is 2.44. The van der Waals surface area contributed by atoms with Gasteiger partial charge in [-0.2, -0.15) is 0 Å². The Hall–Kier alpha value is -0.730. The molecule has 1 aromatic carbocycles. The van der Waals surface area contributed by atoms with Crippen LogP contribution in [0.1, 0.15) is 39.2 Å². The van der Waals surface area contributed by atoms with E-state index in [1.165, 1.54) is 17.7 Å². The maximum absolute atomic E-state index is 6.16. The van der Waals surface area contributed by atoms with E-state index in [1.807, 2.05) is 6.07 Å².